The molecular formula is C33H39N7O5. The summed E-state index contributed by atoms with van der Waals surface area (Å²) in [6.45, 7) is 6.24. The molecule has 0 radical (unpaired) electrons. The second-order valence-electron chi connectivity index (χ2n) is 12.1. The topological polar surface area (TPSA) is 139 Å². The molecule has 1 amide bonds. The number of amides is 1. The van der Waals surface area contributed by atoms with Gasteiger partial charge in [-0.1, -0.05) is 13.8 Å². The number of hydroxylamine groups is 2. The summed E-state index contributed by atoms with van der Waals surface area (Å²) < 4.78 is 17.3. The Morgan fingerprint density at radius 1 is 0.956 bits per heavy atom. The van der Waals surface area contributed by atoms with Crippen molar-refractivity contribution in [2.75, 3.05) is 26.8 Å². The monoisotopic (exact) mass is 613 g/mol. The third-order valence-electron chi connectivity index (χ3n) is 8.76. The van der Waals surface area contributed by atoms with Crippen LogP contribution in [0.4, 0.5) is 4.79 Å². The van der Waals surface area contributed by atoms with Gasteiger partial charge in [0, 0.05) is 17.7 Å². The first-order valence-corrected chi connectivity index (χ1v) is 15.7. The maximum atomic E-state index is 11.8. The molecule has 0 unspecified atom stereocenters. The van der Waals surface area contributed by atoms with Gasteiger partial charge in [-0.05, 0) is 74.5 Å². The first kappa shape index (κ1) is 29.3. The van der Waals surface area contributed by atoms with E-state index >= 15 is 0 Å². The maximum absolute atomic E-state index is 11.8. The van der Waals surface area contributed by atoms with Gasteiger partial charge in [-0.25, -0.2) is 14.8 Å². The van der Waals surface area contributed by atoms with Crippen molar-refractivity contribution >= 4 is 6.09 Å². The van der Waals surface area contributed by atoms with E-state index in [1.807, 2.05) is 67.7 Å². The lowest BCUT2D eigenvalue weighted by molar-refractivity contribution is -0.178. The number of hydrogen-bond acceptors (Lipinski definition) is 9. The number of aromatic amines is 2. The molecule has 45 heavy (non-hydrogen) atoms. The highest BCUT2D eigenvalue weighted by atomic mass is 16.7. The fourth-order valence-corrected chi connectivity index (χ4v) is 6.10. The minimum Gasteiger partial charge on any atom is -0.453 e. The third kappa shape index (κ3) is 6.13. The zero-order valence-corrected chi connectivity index (χ0v) is 25.8. The van der Waals surface area contributed by atoms with E-state index in [9.17, 15) is 4.79 Å². The van der Waals surface area contributed by atoms with Gasteiger partial charge in [0.05, 0.1) is 55.6 Å². The summed E-state index contributed by atoms with van der Waals surface area (Å²) in [6, 6.07) is 11.9. The Kier molecular flexibility index (Phi) is 8.18. The first-order chi connectivity index (χ1) is 21.9. The van der Waals surface area contributed by atoms with Gasteiger partial charge >= 0.3 is 6.09 Å². The minimum absolute atomic E-state index is 0.0108. The highest BCUT2D eigenvalue weighted by molar-refractivity contribution is 5.69. The van der Waals surface area contributed by atoms with Crippen molar-refractivity contribution in [3.63, 3.8) is 0 Å². The Balaban J connectivity index is 1.02. The number of methoxy groups -OCH3 is 1. The number of ether oxygens (including phenoxy) is 3. The van der Waals surface area contributed by atoms with Gasteiger partial charge in [-0.2, -0.15) is 5.06 Å². The van der Waals surface area contributed by atoms with Crippen molar-refractivity contribution in [2.24, 2.45) is 5.92 Å². The number of fused-ring (bicyclic) bond motifs is 2. The summed E-state index contributed by atoms with van der Waals surface area (Å²) in [5.74, 6) is 4.61. The largest absolute Gasteiger partial charge is 0.453 e. The highest BCUT2D eigenvalue weighted by Crippen LogP contribution is 2.47. The molecule has 2 aromatic carbocycles. The quantitative estimate of drug-likeness (QED) is 0.152. The third-order valence-corrected chi connectivity index (χ3v) is 8.76. The summed E-state index contributed by atoms with van der Waals surface area (Å²) in [5, 5.41) is 8.30. The zero-order valence-electron chi connectivity index (χ0n) is 25.8. The number of aromatic nitrogens is 4. The molecule has 4 N–H and O–H groups in total. The highest BCUT2D eigenvalue weighted by Gasteiger charge is 2.31. The van der Waals surface area contributed by atoms with Crippen LogP contribution in [0.1, 0.15) is 63.3 Å². The molecule has 2 fully saturated rings. The number of hydrogen-bond donors (Lipinski definition) is 4. The second kappa shape index (κ2) is 12.5. The number of carbonyl (C=O) groups is 1. The van der Waals surface area contributed by atoms with E-state index in [2.05, 4.69) is 25.6 Å². The average molecular weight is 614 g/mol. The van der Waals surface area contributed by atoms with Gasteiger partial charge < -0.3 is 34.8 Å². The maximum Gasteiger partial charge on any atom is 0.407 e. The van der Waals surface area contributed by atoms with E-state index in [1.54, 1.807) is 0 Å². The number of alkyl carbamates (subject to hydrolysis) is 1. The number of imidazole rings is 2. The SMILES string of the molecule is COC(=O)N[C@H](CON1CCC[C@H]1c1ncc(-c2ccc3c(c2)Oc2ccc(-c4cnc([C@@H]5CCCN5)[nH]4)cc2O3)[nH]1)C(C)C. The molecule has 3 aliphatic rings. The Morgan fingerprint density at radius 3 is 2.24 bits per heavy atom. The summed E-state index contributed by atoms with van der Waals surface area (Å²) in [5.41, 5.74) is 3.76. The standard InChI is InChI=1S/C33H39N7O5/c1-19(2)25(39-33(41)42-3)18-43-40-13-5-7-26(40)32-36-17-24(38-32)21-9-11-28-30(15-21)45-27-10-8-20(14-29(27)44-28)23-16-35-31(37-23)22-6-4-12-34-22/h8-11,14-17,19,22,25-26,34H,4-7,12-13,18H2,1-3H3,(H,35,37)(H,36,38)(H,39,41)/t22-,25+,26-/m0/s1. The fraction of sp³-hybridized carbons (Fsp3) is 0.424. The van der Waals surface area contributed by atoms with Crippen LogP contribution in [0.15, 0.2) is 48.8 Å². The van der Waals surface area contributed by atoms with Crippen molar-refractivity contribution < 1.29 is 23.8 Å². The van der Waals surface area contributed by atoms with E-state index in [0.29, 0.717) is 29.6 Å². The smallest absolute Gasteiger partial charge is 0.407 e. The lowest BCUT2D eigenvalue weighted by Crippen LogP contribution is -2.43. The number of benzene rings is 2. The molecule has 0 aliphatic carbocycles. The summed E-state index contributed by atoms with van der Waals surface area (Å²) >= 11 is 0. The lowest BCUT2D eigenvalue weighted by Gasteiger charge is -2.27. The van der Waals surface area contributed by atoms with Crippen LogP contribution in [0.5, 0.6) is 23.0 Å². The van der Waals surface area contributed by atoms with Crippen molar-refractivity contribution in [3.05, 3.63) is 60.4 Å². The first-order valence-electron chi connectivity index (χ1n) is 15.7. The van der Waals surface area contributed by atoms with Crippen LogP contribution in [0.3, 0.4) is 0 Å². The van der Waals surface area contributed by atoms with E-state index in [-0.39, 0.29) is 24.0 Å². The lowest BCUT2D eigenvalue weighted by atomic mass is 10.1. The molecule has 4 aromatic rings. The normalized spacial score (nSPS) is 19.9. The van der Waals surface area contributed by atoms with Crippen LogP contribution in [-0.4, -0.2) is 63.9 Å². The summed E-state index contributed by atoms with van der Waals surface area (Å²) in [6.07, 6.45) is 7.42. The average Bonchev–Trinajstić information content (AvgIpc) is 3.88. The van der Waals surface area contributed by atoms with Crippen LogP contribution in [0.25, 0.3) is 22.5 Å². The van der Waals surface area contributed by atoms with Gasteiger partial charge in [0.2, 0.25) is 0 Å². The Labute approximate surface area is 261 Å². The van der Waals surface area contributed by atoms with E-state index in [1.165, 1.54) is 13.5 Å². The number of nitrogens with zero attached hydrogens (tertiary/aromatic N) is 3. The number of rotatable bonds is 9. The molecule has 3 aliphatic heterocycles. The van der Waals surface area contributed by atoms with E-state index in [4.69, 9.17) is 24.0 Å². The van der Waals surface area contributed by atoms with Crippen LogP contribution >= 0.6 is 0 Å². The van der Waals surface area contributed by atoms with Crippen molar-refractivity contribution in [3.8, 4) is 45.5 Å². The molecule has 12 heteroatoms. The van der Waals surface area contributed by atoms with Crippen LogP contribution in [0.2, 0.25) is 0 Å². The van der Waals surface area contributed by atoms with E-state index in [0.717, 1.165) is 66.5 Å². The Hall–Kier alpha value is -4.39. The summed E-state index contributed by atoms with van der Waals surface area (Å²) in [7, 11) is 1.36. The number of nitrogens with one attached hydrogen (secondary N) is 4. The Morgan fingerprint density at radius 2 is 1.62 bits per heavy atom. The van der Waals surface area contributed by atoms with Crippen molar-refractivity contribution in [1.29, 1.82) is 0 Å². The van der Waals surface area contributed by atoms with Gasteiger partial charge in [0.15, 0.2) is 23.0 Å². The van der Waals surface area contributed by atoms with Crippen molar-refractivity contribution in [1.82, 2.24) is 35.6 Å². The second-order valence-corrected chi connectivity index (χ2v) is 12.1. The molecule has 0 spiro atoms. The molecule has 3 atom stereocenters. The fourth-order valence-electron chi connectivity index (χ4n) is 6.10. The van der Waals surface area contributed by atoms with E-state index < -0.39 is 6.09 Å². The van der Waals surface area contributed by atoms with Crippen LogP contribution < -0.4 is 20.1 Å². The number of H-pyrrole nitrogens is 2. The number of carbonyl (C=O) groups excluding carboxylic acids is 1. The molecule has 2 aromatic heterocycles. The van der Waals surface area contributed by atoms with Gasteiger partial charge in [0.1, 0.15) is 11.6 Å². The Bertz CT molecular complexity index is 1660. The van der Waals surface area contributed by atoms with Gasteiger partial charge in [0.25, 0.3) is 0 Å². The molecular weight excluding hydrogens is 574 g/mol. The molecule has 5 heterocycles. The van der Waals surface area contributed by atoms with Crippen LogP contribution in [0, 0.1) is 5.92 Å². The van der Waals surface area contributed by atoms with Gasteiger partial charge in [-0.3, -0.25) is 4.84 Å². The predicted molar refractivity (Wildman–Crippen MR) is 167 cm³/mol. The molecule has 12 nitrogen and oxygen atoms in total. The molecule has 0 bridgehead atoms. The molecule has 7 rings (SSSR count). The summed E-state index contributed by atoms with van der Waals surface area (Å²) in [4.78, 5) is 34.2. The van der Waals surface area contributed by atoms with Crippen LogP contribution in [-0.2, 0) is 9.57 Å². The molecule has 236 valence electrons. The predicted octanol–water partition coefficient (Wildman–Crippen LogP) is 6.24. The molecule has 0 saturated carbocycles. The zero-order chi connectivity index (χ0) is 30.9. The van der Waals surface area contributed by atoms with Gasteiger partial charge in [-0.15, -0.1) is 0 Å². The minimum atomic E-state index is -0.460. The molecule has 2 saturated heterocycles. The van der Waals surface area contributed by atoms with Crippen molar-refractivity contribution in [2.45, 2.75) is 57.7 Å².